The summed E-state index contributed by atoms with van der Waals surface area (Å²) in [6.07, 6.45) is 1.61. The molecule has 1 atom stereocenters. The van der Waals surface area contributed by atoms with Gasteiger partial charge in [0.05, 0.1) is 18.0 Å². The molecule has 0 spiro atoms. The van der Waals surface area contributed by atoms with Crippen LogP contribution in [0.3, 0.4) is 0 Å². The van der Waals surface area contributed by atoms with Crippen LogP contribution >= 0.6 is 23.4 Å². The highest BCUT2D eigenvalue weighted by molar-refractivity contribution is 8.00. The molecule has 1 aromatic carbocycles. The first-order chi connectivity index (χ1) is 11.9. The zero-order chi connectivity index (χ0) is 18.4. The molecule has 0 unspecified atom stereocenters. The number of ether oxygens (including phenoxy) is 1. The first kappa shape index (κ1) is 19.3. The van der Waals surface area contributed by atoms with Crippen molar-refractivity contribution in [2.75, 3.05) is 12.4 Å². The molecule has 25 heavy (non-hydrogen) atoms. The topological polar surface area (TPSA) is 84.1 Å². The molecule has 1 heterocycles. The van der Waals surface area contributed by atoms with E-state index in [9.17, 15) is 9.59 Å². The number of thioether (sulfide) groups is 1. The Bertz CT molecular complexity index is 810. The Morgan fingerprint density at radius 1 is 1.44 bits per heavy atom. The second-order valence-corrected chi connectivity index (χ2v) is 7.15. The molecule has 0 fully saturated rings. The zero-order valence-electron chi connectivity index (χ0n) is 14.3. The molecule has 1 aromatic heterocycles. The van der Waals surface area contributed by atoms with Gasteiger partial charge in [-0.1, -0.05) is 36.7 Å². The van der Waals surface area contributed by atoms with Crippen LogP contribution in [0.2, 0.25) is 5.02 Å². The standard InChI is InChI=1S/C17H20ClN3O3S/c1-4-5-12-9-15(22)21-17(19-12)25-10(2)16(23)20-13-8-11(18)6-7-14(13)24-3/h6-10H,4-5H2,1-3H3,(H,20,23)(H,19,21,22)/t10-/m0/s1. The number of H-pyrrole nitrogens is 1. The van der Waals surface area contributed by atoms with Gasteiger partial charge in [0, 0.05) is 16.8 Å². The van der Waals surface area contributed by atoms with Gasteiger partial charge in [0.1, 0.15) is 5.75 Å². The van der Waals surface area contributed by atoms with E-state index in [0.29, 0.717) is 21.6 Å². The van der Waals surface area contributed by atoms with Crippen molar-refractivity contribution in [3.63, 3.8) is 0 Å². The lowest BCUT2D eigenvalue weighted by molar-refractivity contribution is -0.115. The number of nitrogens with one attached hydrogen (secondary N) is 2. The third kappa shape index (κ3) is 5.51. The SMILES string of the molecule is CCCc1cc(=O)[nH]c(S[C@@H](C)C(=O)Nc2cc(Cl)ccc2OC)n1. The molecule has 0 aliphatic heterocycles. The van der Waals surface area contributed by atoms with Crippen LogP contribution in [0.15, 0.2) is 34.2 Å². The fraction of sp³-hybridized carbons (Fsp3) is 0.353. The number of benzene rings is 1. The Morgan fingerprint density at radius 3 is 2.88 bits per heavy atom. The second kappa shape index (κ2) is 8.92. The van der Waals surface area contributed by atoms with Gasteiger partial charge in [-0.15, -0.1) is 0 Å². The van der Waals surface area contributed by atoms with Crippen LogP contribution in [0.4, 0.5) is 5.69 Å². The monoisotopic (exact) mass is 381 g/mol. The van der Waals surface area contributed by atoms with Crippen molar-refractivity contribution >= 4 is 35.0 Å². The molecule has 2 aromatic rings. The maximum Gasteiger partial charge on any atom is 0.251 e. The third-order valence-corrected chi connectivity index (χ3v) is 4.58. The summed E-state index contributed by atoms with van der Waals surface area (Å²) < 4.78 is 5.22. The van der Waals surface area contributed by atoms with Gasteiger partial charge < -0.3 is 15.0 Å². The predicted octanol–water partition coefficient (Wildman–Crippen LogP) is 3.50. The summed E-state index contributed by atoms with van der Waals surface area (Å²) in [7, 11) is 1.52. The van der Waals surface area contributed by atoms with Crippen LogP contribution in [0.25, 0.3) is 0 Å². The number of aryl methyl sites for hydroxylation is 1. The number of halogens is 1. The minimum atomic E-state index is -0.469. The van der Waals surface area contributed by atoms with Gasteiger partial charge in [-0.3, -0.25) is 9.59 Å². The predicted molar refractivity (Wildman–Crippen MR) is 101 cm³/mol. The Balaban J connectivity index is 2.11. The van der Waals surface area contributed by atoms with Crippen LogP contribution in [0.5, 0.6) is 5.75 Å². The normalized spacial score (nSPS) is 11.8. The largest absolute Gasteiger partial charge is 0.495 e. The van der Waals surface area contributed by atoms with Gasteiger partial charge in [-0.05, 0) is 31.5 Å². The molecule has 0 radical (unpaired) electrons. The fourth-order valence-corrected chi connectivity index (χ4v) is 3.16. The summed E-state index contributed by atoms with van der Waals surface area (Å²) in [4.78, 5) is 31.2. The molecule has 0 saturated heterocycles. The summed E-state index contributed by atoms with van der Waals surface area (Å²) >= 11 is 7.16. The number of amides is 1. The van der Waals surface area contributed by atoms with Crippen molar-refractivity contribution in [1.29, 1.82) is 0 Å². The molecule has 1 amide bonds. The number of anilines is 1. The van der Waals surface area contributed by atoms with Crippen molar-refractivity contribution in [3.8, 4) is 5.75 Å². The molecule has 0 aliphatic carbocycles. The van der Waals surface area contributed by atoms with Crippen molar-refractivity contribution in [1.82, 2.24) is 9.97 Å². The number of aromatic amines is 1. The van der Waals surface area contributed by atoms with Gasteiger partial charge in [0.25, 0.3) is 5.56 Å². The molecule has 0 saturated carbocycles. The molecule has 134 valence electrons. The number of carbonyl (C=O) groups is 1. The van der Waals surface area contributed by atoms with Crippen LogP contribution < -0.4 is 15.6 Å². The number of hydrogen-bond donors (Lipinski definition) is 2. The number of aromatic nitrogens is 2. The number of carbonyl (C=O) groups excluding carboxylic acids is 1. The number of nitrogens with zero attached hydrogens (tertiary/aromatic N) is 1. The first-order valence-corrected chi connectivity index (χ1v) is 9.10. The van der Waals surface area contributed by atoms with E-state index in [1.54, 1.807) is 25.1 Å². The third-order valence-electron chi connectivity index (χ3n) is 3.36. The lowest BCUT2D eigenvalue weighted by atomic mass is 10.2. The van der Waals surface area contributed by atoms with Crippen LogP contribution in [0.1, 0.15) is 26.0 Å². The minimum Gasteiger partial charge on any atom is -0.495 e. The Hall–Kier alpha value is -1.99. The number of rotatable bonds is 7. The van der Waals surface area contributed by atoms with Gasteiger partial charge in [-0.2, -0.15) is 0 Å². The fourth-order valence-electron chi connectivity index (χ4n) is 2.16. The maximum atomic E-state index is 12.4. The van der Waals surface area contributed by atoms with Gasteiger partial charge >= 0.3 is 0 Å². The van der Waals surface area contributed by atoms with E-state index in [4.69, 9.17) is 16.3 Å². The average Bonchev–Trinajstić information content (AvgIpc) is 2.54. The van der Waals surface area contributed by atoms with E-state index in [2.05, 4.69) is 15.3 Å². The number of methoxy groups -OCH3 is 1. The highest BCUT2D eigenvalue weighted by Gasteiger charge is 2.18. The highest BCUT2D eigenvalue weighted by Crippen LogP contribution is 2.29. The lowest BCUT2D eigenvalue weighted by Crippen LogP contribution is -2.23. The second-order valence-electron chi connectivity index (χ2n) is 5.39. The van der Waals surface area contributed by atoms with E-state index in [1.165, 1.54) is 24.9 Å². The van der Waals surface area contributed by atoms with E-state index < -0.39 is 5.25 Å². The summed E-state index contributed by atoms with van der Waals surface area (Å²) in [5.74, 6) is 0.278. The number of hydrogen-bond acceptors (Lipinski definition) is 5. The van der Waals surface area contributed by atoms with Crippen LogP contribution in [0, 0.1) is 0 Å². The molecule has 0 bridgehead atoms. The van der Waals surface area contributed by atoms with Crippen molar-refractivity contribution < 1.29 is 9.53 Å². The van der Waals surface area contributed by atoms with Crippen LogP contribution in [-0.4, -0.2) is 28.2 Å². The Labute approximate surface area is 155 Å². The molecule has 0 aliphatic rings. The summed E-state index contributed by atoms with van der Waals surface area (Å²) in [6, 6.07) is 6.47. The first-order valence-electron chi connectivity index (χ1n) is 7.84. The quantitative estimate of drug-likeness (QED) is 0.566. The van der Waals surface area contributed by atoms with Crippen LogP contribution in [-0.2, 0) is 11.2 Å². The maximum absolute atomic E-state index is 12.4. The summed E-state index contributed by atoms with van der Waals surface area (Å²) in [5, 5.41) is 3.24. The van der Waals surface area contributed by atoms with Gasteiger partial charge in [-0.25, -0.2) is 4.98 Å². The van der Waals surface area contributed by atoms with Crippen molar-refractivity contribution in [2.24, 2.45) is 0 Å². The van der Waals surface area contributed by atoms with Crippen molar-refractivity contribution in [3.05, 3.63) is 45.3 Å². The Morgan fingerprint density at radius 2 is 2.20 bits per heavy atom. The Kier molecular flexibility index (Phi) is 6.90. The van der Waals surface area contributed by atoms with Gasteiger partial charge in [0.15, 0.2) is 5.16 Å². The van der Waals surface area contributed by atoms with Gasteiger partial charge in [0.2, 0.25) is 5.91 Å². The van der Waals surface area contributed by atoms with Crippen molar-refractivity contribution in [2.45, 2.75) is 37.1 Å². The van der Waals surface area contributed by atoms with E-state index in [0.717, 1.165) is 18.5 Å². The highest BCUT2D eigenvalue weighted by atomic mass is 35.5. The molecular formula is C17H20ClN3O3S. The zero-order valence-corrected chi connectivity index (χ0v) is 15.8. The lowest BCUT2D eigenvalue weighted by Gasteiger charge is -2.14. The molecule has 2 rings (SSSR count). The minimum absolute atomic E-state index is 0.218. The summed E-state index contributed by atoms with van der Waals surface area (Å²) in [5.41, 5.74) is 0.997. The smallest absolute Gasteiger partial charge is 0.251 e. The summed E-state index contributed by atoms with van der Waals surface area (Å²) in [6.45, 7) is 3.76. The average molecular weight is 382 g/mol. The molecule has 8 heteroatoms. The molecule has 6 nitrogen and oxygen atoms in total. The van der Waals surface area contributed by atoms with E-state index in [-0.39, 0.29) is 11.5 Å². The van der Waals surface area contributed by atoms with E-state index in [1.807, 2.05) is 6.92 Å². The molecule has 2 N–H and O–H groups in total. The molecular weight excluding hydrogens is 362 g/mol. The van der Waals surface area contributed by atoms with E-state index >= 15 is 0 Å².